The van der Waals surface area contributed by atoms with Gasteiger partial charge in [-0.25, -0.2) is 0 Å². The molecule has 1 aromatic carbocycles. The van der Waals surface area contributed by atoms with E-state index in [1.54, 1.807) is 0 Å². The molecule has 2 heteroatoms. The number of benzene rings is 1. The van der Waals surface area contributed by atoms with Gasteiger partial charge in [0.1, 0.15) is 0 Å². The summed E-state index contributed by atoms with van der Waals surface area (Å²) in [6.07, 6.45) is 2.65. The van der Waals surface area contributed by atoms with Crippen molar-refractivity contribution in [2.45, 2.75) is 39.7 Å². The van der Waals surface area contributed by atoms with Gasteiger partial charge in [0.05, 0.1) is 0 Å². The molecule has 1 aromatic rings. The molecule has 88 valence electrons. The zero-order valence-corrected chi connectivity index (χ0v) is 11.8. The Morgan fingerprint density at radius 1 is 1.31 bits per heavy atom. The van der Waals surface area contributed by atoms with Gasteiger partial charge in [-0.1, -0.05) is 35.8 Å². The molecule has 1 N–H and O–H groups in total. The van der Waals surface area contributed by atoms with E-state index in [1.807, 2.05) is 0 Å². The molecule has 1 fully saturated rings. The minimum Gasteiger partial charge on any atom is -0.382 e. The molecule has 1 aliphatic rings. The number of nitrogens with one attached hydrogen (secondary N) is 1. The van der Waals surface area contributed by atoms with Gasteiger partial charge in [-0.2, -0.15) is 0 Å². The summed E-state index contributed by atoms with van der Waals surface area (Å²) in [7, 11) is 0. The fourth-order valence-corrected chi connectivity index (χ4v) is 2.65. The molecule has 1 saturated carbocycles. The maximum atomic E-state index is 3.64. The van der Waals surface area contributed by atoms with Crippen molar-refractivity contribution in [1.82, 2.24) is 0 Å². The highest BCUT2D eigenvalue weighted by Crippen LogP contribution is 2.36. The van der Waals surface area contributed by atoms with Gasteiger partial charge in [-0.3, -0.25) is 0 Å². The highest BCUT2D eigenvalue weighted by molar-refractivity contribution is 9.10. The molecule has 16 heavy (non-hydrogen) atoms. The van der Waals surface area contributed by atoms with Crippen LogP contribution >= 0.6 is 15.9 Å². The molecule has 0 aliphatic heterocycles. The van der Waals surface area contributed by atoms with E-state index in [0.717, 1.165) is 16.3 Å². The number of hydrogen-bond acceptors (Lipinski definition) is 1. The van der Waals surface area contributed by atoms with Crippen LogP contribution in [0.3, 0.4) is 0 Å². The molecule has 1 aliphatic carbocycles. The van der Waals surface area contributed by atoms with Gasteiger partial charge < -0.3 is 5.32 Å². The van der Waals surface area contributed by atoms with Crippen molar-refractivity contribution in [2.75, 3.05) is 5.32 Å². The van der Waals surface area contributed by atoms with E-state index >= 15 is 0 Å². The van der Waals surface area contributed by atoms with Crippen LogP contribution < -0.4 is 5.32 Å². The van der Waals surface area contributed by atoms with E-state index in [4.69, 9.17) is 0 Å². The van der Waals surface area contributed by atoms with Crippen LogP contribution in [0.2, 0.25) is 0 Å². The second-order valence-electron chi connectivity index (χ2n) is 5.28. The lowest BCUT2D eigenvalue weighted by Crippen LogP contribution is -2.38. The van der Waals surface area contributed by atoms with E-state index < -0.39 is 0 Å². The largest absolute Gasteiger partial charge is 0.382 e. The van der Waals surface area contributed by atoms with Crippen LogP contribution in [0.1, 0.15) is 32.3 Å². The first kappa shape index (κ1) is 12.0. The Balaban J connectivity index is 1.94. The average Bonchev–Trinajstić information content (AvgIpc) is 2.15. The van der Waals surface area contributed by atoms with Gasteiger partial charge in [0.2, 0.25) is 0 Å². The van der Waals surface area contributed by atoms with Crippen molar-refractivity contribution >= 4 is 21.6 Å². The highest BCUT2D eigenvalue weighted by Gasteiger charge is 2.31. The zero-order chi connectivity index (χ0) is 11.7. The van der Waals surface area contributed by atoms with Crippen LogP contribution in [0.5, 0.6) is 0 Å². The van der Waals surface area contributed by atoms with Crippen molar-refractivity contribution in [3.8, 4) is 0 Å². The molecule has 2 rings (SSSR count). The van der Waals surface area contributed by atoms with Crippen molar-refractivity contribution in [3.63, 3.8) is 0 Å². The van der Waals surface area contributed by atoms with E-state index in [-0.39, 0.29) is 0 Å². The smallest absolute Gasteiger partial charge is 0.0383 e. The van der Waals surface area contributed by atoms with Crippen molar-refractivity contribution in [1.29, 1.82) is 0 Å². The Morgan fingerprint density at radius 2 is 2.00 bits per heavy atom. The number of aryl methyl sites for hydroxylation is 1. The van der Waals surface area contributed by atoms with Crippen LogP contribution in [0.25, 0.3) is 0 Å². The van der Waals surface area contributed by atoms with E-state index in [9.17, 15) is 0 Å². The number of hydrogen-bond donors (Lipinski definition) is 1. The van der Waals surface area contributed by atoms with Crippen LogP contribution in [0.15, 0.2) is 22.7 Å². The Kier molecular flexibility index (Phi) is 3.58. The van der Waals surface area contributed by atoms with Gasteiger partial charge in [-0.05, 0) is 49.3 Å². The van der Waals surface area contributed by atoms with Gasteiger partial charge in [-0.15, -0.1) is 0 Å². The summed E-state index contributed by atoms with van der Waals surface area (Å²) >= 11 is 3.52. The predicted molar refractivity (Wildman–Crippen MR) is 73.9 cm³/mol. The first-order chi connectivity index (χ1) is 7.56. The Bertz CT molecular complexity index is 367. The molecular weight excluding hydrogens is 262 g/mol. The highest BCUT2D eigenvalue weighted by atomic mass is 79.9. The molecule has 0 heterocycles. The summed E-state index contributed by atoms with van der Waals surface area (Å²) in [4.78, 5) is 0. The lowest BCUT2D eigenvalue weighted by Gasteiger charge is -2.39. The van der Waals surface area contributed by atoms with Crippen molar-refractivity contribution in [2.24, 2.45) is 11.8 Å². The maximum absolute atomic E-state index is 3.64. The van der Waals surface area contributed by atoms with E-state index in [1.165, 1.54) is 24.1 Å². The minimum atomic E-state index is 0.681. The fourth-order valence-electron chi connectivity index (χ4n) is 2.29. The first-order valence-corrected chi connectivity index (χ1v) is 6.88. The lowest BCUT2D eigenvalue weighted by atomic mass is 9.73. The number of halogens is 1. The van der Waals surface area contributed by atoms with Crippen molar-refractivity contribution < 1.29 is 0 Å². The monoisotopic (exact) mass is 281 g/mol. The van der Waals surface area contributed by atoms with Gasteiger partial charge in [0, 0.05) is 16.2 Å². The molecule has 0 spiro atoms. The normalized spacial score (nSPS) is 24.3. The Hall–Kier alpha value is -0.500. The van der Waals surface area contributed by atoms with E-state index in [0.29, 0.717) is 6.04 Å². The molecule has 1 nitrogen and oxygen atoms in total. The van der Waals surface area contributed by atoms with Crippen LogP contribution in [-0.4, -0.2) is 6.04 Å². The van der Waals surface area contributed by atoms with Crippen LogP contribution in [0.4, 0.5) is 5.69 Å². The average molecular weight is 282 g/mol. The third-order valence-corrected chi connectivity index (χ3v) is 4.17. The summed E-state index contributed by atoms with van der Waals surface area (Å²) < 4.78 is 1.15. The summed E-state index contributed by atoms with van der Waals surface area (Å²) in [6.45, 7) is 6.81. The lowest BCUT2D eigenvalue weighted by molar-refractivity contribution is 0.212. The van der Waals surface area contributed by atoms with Crippen LogP contribution in [0, 0.1) is 18.8 Å². The maximum Gasteiger partial charge on any atom is 0.0383 e. The second kappa shape index (κ2) is 4.79. The second-order valence-corrected chi connectivity index (χ2v) is 6.19. The molecule has 0 atom stereocenters. The van der Waals surface area contributed by atoms with Gasteiger partial charge >= 0.3 is 0 Å². The zero-order valence-electron chi connectivity index (χ0n) is 10.3. The predicted octanol–water partition coefficient (Wildman–Crippen LogP) is 4.60. The molecule has 0 saturated heterocycles. The third kappa shape index (κ3) is 2.60. The van der Waals surface area contributed by atoms with Crippen LogP contribution in [-0.2, 0) is 0 Å². The quantitative estimate of drug-likeness (QED) is 0.854. The molecular formula is C14H20BrN. The van der Waals surface area contributed by atoms with Gasteiger partial charge in [0.15, 0.2) is 0 Å². The molecule has 0 radical (unpaired) electrons. The topological polar surface area (TPSA) is 12.0 Å². The third-order valence-electron chi connectivity index (χ3n) is 3.68. The standard InChI is InChI=1S/C14H20BrN/c1-9(2)11-6-13(7-11)16-14-8-12(15)5-4-10(14)3/h4-5,8-9,11,13,16H,6-7H2,1-3H3. The summed E-state index contributed by atoms with van der Waals surface area (Å²) in [5.74, 6) is 1.76. The van der Waals surface area contributed by atoms with E-state index in [2.05, 4.69) is 60.2 Å². The first-order valence-electron chi connectivity index (χ1n) is 6.09. The Labute approximate surface area is 107 Å². The SMILES string of the molecule is Cc1ccc(Br)cc1NC1CC(C(C)C)C1. The Morgan fingerprint density at radius 3 is 2.62 bits per heavy atom. The number of anilines is 1. The molecule has 0 unspecified atom stereocenters. The summed E-state index contributed by atoms with van der Waals surface area (Å²) in [6, 6.07) is 7.11. The molecule has 0 aromatic heterocycles. The molecule has 0 bridgehead atoms. The summed E-state index contributed by atoms with van der Waals surface area (Å²) in [5, 5.41) is 3.64. The summed E-state index contributed by atoms with van der Waals surface area (Å²) in [5.41, 5.74) is 2.61. The fraction of sp³-hybridized carbons (Fsp3) is 0.571. The van der Waals surface area contributed by atoms with Gasteiger partial charge in [0.25, 0.3) is 0 Å². The minimum absolute atomic E-state index is 0.681. The van der Waals surface area contributed by atoms with Crippen molar-refractivity contribution in [3.05, 3.63) is 28.2 Å². The number of rotatable bonds is 3. The molecule has 0 amide bonds.